The van der Waals surface area contributed by atoms with E-state index in [0.29, 0.717) is 12.1 Å². The van der Waals surface area contributed by atoms with Crippen LogP contribution in [0.2, 0.25) is 0 Å². The second-order valence-electron chi connectivity index (χ2n) is 7.85. The molecule has 1 saturated heterocycles. The first-order chi connectivity index (χ1) is 9.08. The van der Waals surface area contributed by atoms with Gasteiger partial charge in [0.1, 0.15) is 0 Å². The lowest BCUT2D eigenvalue weighted by Crippen LogP contribution is -2.62. The lowest BCUT2D eigenvalue weighted by Gasteiger charge is -2.51. The van der Waals surface area contributed by atoms with Crippen LogP contribution < -0.4 is 5.32 Å². The predicted octanol–water partition coefficient (Wildman–Crippen LogP) is 3.75. The van der Waals surface area contributed by atoms with Crippen LogP contribution in [-0.4, -0.2) is 24.3 Å². The molecule has 0 aromatic heterocycles. The second-order valence-corrected chi connectivity index (χ2v) is 7.85. The van der Waals surface area contributed by atoms with Crippen molar-refractivity contribution < 1.29 is 4.74 Å². The molecule has 5 unspecified atom stereocenters. The van der Waals surface area contributed by atoms with Gasteiger partial charge in [0.2, 0.25) is 0 Å². The minimum absolute atomic E-state index is 0.184. The summed E-state index contributed by atoms with van der Waals surface area (Å²) in [6.07, 6.45) is 9.77. The van der Waals surface area contributed by atoms with Gasteiger partial charge in [-0.2, -0.15) is 0 Å². The molecule has 3 rings (SSSR count). The molecule has 110 valence electrons. The molecule has 5 atom stereocenters. The molecular formula is C17H31NO. The molecule has 19 heavy (non-hydrogen) atoms. The van der Waals surface area contributed by atoms with Crippen LogP contribution in [0.3, 0.4) is 0 Å². The van der Waals surface area contributed by atoms with E-state index in [1.807, 2.05) is 0 Å². The van der Waals surface area contributed by atoms with Crippen molar-refractivity contribution in [2.24, 2.45) is 17.8 Å². The highest BCUT2D eigenvalue weighted by Gasteiger charge is 2.45. The van der Waals surface area contributed by atoms with E-state index in [1.165, 1.54) is 44.9 Å². The van der Waals surface area contributed by atoms with Crippen LogP contribution in [0.15, 0.2) is 0 Å². The van der Waals surface area contributed by atoms with Crippen molar-refractivity contribution in [1.82, 2.24) is 5.32 Å². The fraction of sp³-hybridized carbons (Fsp3) is 1.00. The van der Waals surface area contributed by atoms with Crippen LogP contribution >= 0.6 is 0 Å². The summed E-state index contributed by atoms with van der Waals surface area (Å²) in [5, 5.41) is 3.86. The fourth-order valence-electron chi connectivity index (χ4n) is 4.70. The zero-order valence-electron chi connectivity index (χ0n) is 13.0. The number of hydrogen-bond donors (Lipinski definition) is 1. The van der Waals surface area contributed by atoms with Gasteiger partial charge in [0, 0.05) is 12.6 Å². The van der Waals surface area contributed by atoms with Gasteiger partial charge >= 0.3 is 0 Å². The molecule has 3 fully saturated rings. The summed E-state index contributed by atoms with van der Waals surface area (Å²) in [4.78, 5) is 0. The van der Waals surface area contributed by atoms with E-state index in [-0.39, 0.29) is 5.60 Å². The molecule has 1 N–H and O–H groups in total. The maximum atomic E-state index is 6.65. The van der Waals surface area contributed by atoms with Gasteiger partial charge in [0.25, 0.3) is 0 Å². The van der Waals surface area contributed by atoms with E-state index in [9.17, 15) is 0 Å². The number of nitrogens with one attached hydrogen (secondary N) is 1. The molecule has 2 nitrogen and oxygen atoms in total. The smallest absolute Gasteiger partial charge is 0.0813 e. The van der Waals surface area contributed by atoms with E-state index < -0.39 is 0 Å². The molecular weight excluding hydrogens is 234 g/mol. The molecule has 0 aromatic rings. The van der Waals surface area contributed by atoms with Gasteiger partial charge in [0.05, 0.1) is 11.7 Å². The van der Waals surface area contributed by atoms with Crippen molar-refractivity contribution in [3.8, 4) is 0 Å². The van der Waals surface area contributed by atoms with Gasteiger partial charge < -0.3 is 10.1 Å². The minimum Gasteiger partial charge on any atom is -0.369 e. The van der Waals surface area contributed by atoms with Gasteiger partial charge in [-0.1, -0.05) is 33.6 Å². The Kier molecular flexibility index (Phi) is 3.92. The standard InChI is InChI=1S/C17H31NO/c1-12(2)14-6-7-16-15(9-14)18-11-17(19-16)8-4-5-13(3)10-17/h12-16,18H,4-11H2,1-3H3. The molecule has 2 heteroatoms. The third-order valence-electron chi connectivity index (χ3n) is 5.91. The van der Waals surface area contributed by atoms with E-state index in [2.05, 4.69) is 26.1 Å². The first kappa shape index (κ1) is 13.9. The molecule has 2 aliphatic carbocycles. The quantitative estimate of drug-likeness (QED) is 0.779. The number of ether oxygens (including phenoxy) is 1. The summed E-state index contributed by atoms with van der Waals surface area (Å²) in [6, 6.07) is 0.629. The van der Waals surface area contributed by atoms with E-state index in [1.54, 1.807) is 0 Å². The number of morpholine rings is 1. The van der Waals surface area contributed by atoms with E-state index >= 15 is 0 Å². The summed E-state index contributed by atoms with van der Waals surface area (Å²) in [6.45, 7) is 8.24. The maximum absolute atomic E-state index is 6.65. The van der Waals surface area contributed by atoms with Crippen LogP contribution in [0.5, 0.6) is 0 Å². The number of hydrogen-bond acceptors (Lipinski definition) is 2. The highest BCUT2D eigenvalue weighted by atomic mass is 16.5. The lowest BCUT2D eigenvalue weighted by molar-refractivity contribution is -0.171. The van der Waals surface area contributed by atoms with Crippen LogP contribution in [0.25, 0.3) is 0 Å². The van der Waals surface area contributed by atoms with Crippen molar-refractivity contribution >= 4 is 0 Å². The topological polar surface area (TPSA) is 21.3 Å². The minimum atomic E-state index is 0.184. The monoisotopic (exact) mass is 265 g/mol. The van der Waals surface area contributed by atoms with Crippen LogP contribution in [0.4, 0.5) is 0 Å². The summed E-state index contributed by atoms with van der Waals surface area (Å²) >= 11 is 0. The molecule has 0 amide bonds. The van der Waals surface area contributed by atoms with Crippen molar-refractivity contribution in [2.75, 3.05) is 6.54 Å². The number of rotatable bonds is 1. The predicted molar refractivity (Wildman–Crippen MR) is 79.2 cm³/mol. The second kappa shape index (κ2) is 5.37. The van der Waals surface area contributed by atoms with Gasteiger partial charge in [0.15, 0.2) is 0 Å². The van der Waals surface area contributed by atoms with Crippen LogP contribution in [-0.2, 0) is 4.74 Å². The normalized spacial score (nSPS) is 47.4. The molecule has 0 bridgehead atoms. The number of fused-ring (bicyclic) bond motifs is 1. The third kappa shape index (κ3) is 2.85. The van der Waals surface area contributed by atoms with E-state index in [0.717, 1.165) is 24.3 Å². The average molecular weight is 265 g/mol. The Morgan fingerprint density at radius 2 is 2.05 bits per heavy atom. The Hall–Kier alpha value is -0.0800. The lowest BCUT2D eigenvalue weighted by atomic mass is 9.73. The molecule has 1 heterocycles. The first-order valence-corrected chi connectivity index (χ1v) is 8.49. The zero-order valence-corrected chi connectivity index (χ0v) is 13.0. The van der Waals surface area contributed by atoms with Crippen LogP contribution in [0, 0.1) is 17.8 Å². The van der Waals surface area contributed by atoms with Crippen molar-refractivity contribution in [1.29, 1.82) is 0 Å². The van der Waals surface area contributed by atoms with Crippen molar-refractivity contribution in [3.63, 3.8) is 0 Å². The zero-order chi connectivity index (χ0) is 13.5. The van der Waals surface area contributed by atoms with E-state index in [4.69, 9.17) is 4.74 Å². The summed E-state index contributed by atoms with van der Waals surface area (Å²) in [7, 11) is 0. The molecule has 1 spiro atoms. The van der Waals surface area contributed by atoms with Gasteiger partial charge in [-0.25, -0.2) is 0 Å². The Balaban J connectivity index is 1.63. The molecule has 0 radical (unpaired) electrons. The fourth-order valence-corrected chi connectivity index (χ4v) is 4.70. The first-order valence-electron chi connectivity index (χ1n) is 8.49. The molecule has 2 saturated carbocycles. The summed E-state index contributed by atoms with van der Waals surface area (Å²) < 4.78 is 6.65. The van der Waals surface area contributed by atoms with Crippen molar-refractivity contribution in [3.05, 3.63) is 0 Å². The van der Waals surface area contributed by atoms with Crippen molar-refractivity contribution in [2.45, 2.75) is 83.5 Å². The Bertz CT molecular complexity index is 316. The summed E-state index contributed by atoms with van der Waals surface area (Å²) in [5.41, 5.74) is 0.184. The molecule has 3 aliphatic rings. The largest absolute Gasteiger partial charge is 0.369 e. The summed E-state index contributed by atoms with van der Waals surface area (Å²) in [5.74, 6) is 2.57. The average Bonchev–Trinajstić information content (AvgIpc) is 2.37. The molecule has 1 aliphatic heterocycles. The Morgan fingerprint density at radius 1 is 1.21 bits per heavy atom. The SMILES string of the molecule is CC1CCCC2(CNC3CC(C(C)C)CCC3O2)C1. The van der Waals surface area contributed by atoms with Gasteiger partial charge in [-0.15, -0.1) is 0 Å². The van der Waals surface area contributed by atoms with Gasteiger partial charge in [-0.05, 0) is 49.9 Å². The highest BCUT2D eigenvalue weighted by molar-refractivity contribution is 4.99. The Labute approximate surface area is 118 Å². The molecule has 0 aromatic carbocycles. The van der Waals surface area contributed by atoms with Crippen LogP contribution in [0.1, 0.15) is 65.7 Å². The third-order valence-corrected chi connectivity index (χ3v) is 5.91. The maximum Gasteiger partial charge on any atom is 0.0813 e. The Morgan fingerprint density at radius 3 is 2.79 bits per heavy atom. The highest BCUT2D eigenvalue weighted by Crippen LogP contribution is 2.42. The van der Waals surface area contributed by atoms with Gasteiger partial charge in [-0.3, -0.25) is 0 Å².